The number of nitrogens with one attached hydrogen (secondary N) is 1. The molecule has 106 valence electrons. The molecule has 0 saturated heterocycles. The summed E-state index contributed by atoms with van der Waals surface area (Å²) >= 11 is 9.55. The van der Waals surface area contributed by atoms with Gasteiger partial charge in [0.25, 0.3) is 0 Å². The highest BCUT2D eigenvalue weighted by atomic mass is 79.9. The molecule has 1 unspecified atom stereocenters. The van der Waals surface area contributed by atoms with Gasteiger partial charge in [-0.25, -0.2) is 4.39 Å². The zero-order valence-corrected chi connectivity index (χ0v) is 13.5. The minimum Gasteiger partial charge on any atom is -0.316 e. The van der Waals surface area contributed by atoms with Gasteiger partial charge in [0.1, 0.15) is 5.82 Å². The normalized spacial score (nSPS) is 12.4. The average molecular weight is 357 g/mol. The zero-order valence-electron chi connectivity index (χ0n) is 11.2. The molecule has 0 spiro atoms. The van der Waals surface area contributed by atoms with Crippen molar-refractivity contribution in [3.8, 4) is 0 Å². The molecule has 1 N–H and O–H groups in total. The minimum atomic E-state index is -0.247. The van der Waals surface area contributed by atoms with Crippen LogP contribution in [0.1, 0.15) is 11.1 Å². The molecule has 2 rings (SSSR count). The second-order valence-corrected chi connectivity index (χ2v) is 6.08. The molecule has 20 heavy (non-hydrogen) atoms. The number of halogens is 3. The molecule has 0 aromatic heterocycles. The summed E-state index contributed by atoms with van der Waals surface area (Å²) in [5, 5.41) is 3.88. The Morgan fingerprint density at radius 2 is 1.85 bits per heavy atom. The van der Waals surface area contributed by atoms with Crippen LogP contribution in [0.15, 0.2) is 46.9 Å². The van der Waals surface area contributed by atoms with Crippen molar-refractivity contribution < 1.29 is 4.39 Å². The maximum absolute atomic E-state index is 13.3. The number of hydrogen-bond donors (Lipinski definition) is 1. The van der Waals surface area contributed by atoms with Crippen molar-refractivity contribution in [3.63, 3.8) is 0 Å². The predicted octanol–water partition coefficient (Wildman–Crippen LogP) is 4.61. The Bertz CT molecular complexity index is 571. The molecule has 0 aliphatic rings. The summed E-state index contributed by atoms with van der Waals surface area (Å²) in [7, 11) is 1.91. The molecule has 0 radical (unpaired) electrons. The minimum absolute atomic E-state index is 0.218. The van der Waals surface area contributed by atoms with Crippen molar-refractivity contribution in [3.05, 3.63) is 68.9 Å². The van der Waals surface area contributed by atoms with E-state index in [1.165, 1.54) is 17.7 Å². The van der Waals surface area contributed by atoms with Gasteiger partial charge in [-0.1, -0.05) is 39.7 Å². The van der Waals surface area contributed by atoms with E-state index >= 15 is 0 Å². The first kappa shape index (κ1) is 15.5. The van der Waals surface area contributed by atoms with E-state index in [2.05, 4.69) is 33.4 Å². The van der Waals surface area contributed by atoms with Gasteiger partial charge in [0.05, 0.1) is 0 Å². The van der Waals surface area contributed by atoms with Crippen LogP contribution in [0.25, 0.3) is 0 Å². The smallest absolute Gasteiger partial charge is 0.123 e. The van der Waals surface area contributed by atoms with E-state index in [0.717, 1.165) is 16.5 Å². The number of rotatable bonds is 5. The summed E-state index contributed by atoms with van der Waals surface area (Å²) in [6, 6.07) is 12.9. The van der Waals surface area contributed by atoms with Gasteiger partial charge in [-0.15, -0.1) is 0 Å². The van der Waals surface area contributed by atoms with Gasteiger partial charge < -0.3 is 5.32 Å². The molecule has 0 bridgehead atoms. The number of benzene rings is 2. The van der Waals surface area contributed by atoms with Crippen molar-refractivity contribution in [2.24, 2.45) is 0 Å². The molecule has 4 heteroatoms. The summed E-state index contributed by atoms with van der Waals surface area (Å²) in [6.45, 7) is 0. The molecular formula is C16H16BrClFN. The number of likely N-dealkylation sites (N-methyl/N-ethyl adjacent to an activating group) is 1. The number of hydrogen-bond acceptors (Lipinski definition) is 1. The van der Waals surface area contributed by atoms with Crippen molar-refractivity contribution in [2.45, 2.75) is 18.9 Å². The van der Waals surface area contributed by atoms with Crippen LogP contribution in [0, 0.1) is 5.82 Å². The molecule has 2 aromatic rings. The highest BCUT2D eigenvalue weighted by Gasteiger charge is 2.11. The third kappa shape index (κ3) is 4.30. The van der Waals surface area contributed by atoms with Crippen LogP contribution in [0.3, 0.4) is 0 Å². The Balaban J connectivity index is 2.08. The van der Waals surface area contributed by atoms with Crippen LogP contribution in [-0.2, 0) is 12.8 Å². The largest absolute Gasteiger partial charge is 0.316 e. The summed E-state index contributed by atoms with van der Waals surface area (Å²) in [4.78, 5) is 0. The highest BCUT2D eigenvalue weighted by molar-refractivity contribution is 9.10. The topological polar surface area (TPSA) is 12.0 Å². The SMILES string of the molecule is CNC(Cc1ccc(Br)cc1)Cc1cc(F)ccc1Cl. The maximum atomic E-state index is 13.3. The average Bonchev–Trinajstić information content (AvgIpc) is 2.44. The Morgan fingerprint density at radius 1 is 1.15 bits per heavy atom. The molecule has 0 saturated carbocycles. The Kier molecular flexibility index (Phi) is 5.58. The van der Waals surface area contributed by atoms with E-state index in [1.807, 2.05) is 19.2 Å². The van der Waals surface area contributed by atoms with Crippen LogP contribution in [-0.4, -0.2) is 13.1 Å². The molecule has 2 aromatic carbocycles. The molecule has 0 fully saturated rings. The van der Waals surface area contributed by atoms with Crippen molar-refractivity contribution in [2.75, 3.05) is 7.05 Å². The van der Waals surface area contributed by atoms with Crippen molar-refractivity contribution in [1.29, 1.82) is 0 Å². The standard InChI is InChI=1S/C16H16BrClFN/c1-20-15(8-11-2-4-13(17)5-3-11)10-12-9-14(19)6-7-16(12)18/h2-7,9,15,20H,8,10H2,1H3. The first-order valence-electron chi connectivity index (χ1n) is 6.44. The van der Waals surface area contributed by atoms with Gasteiger partial charge in [-0.2, -0.15) is 0 Å². The third-order valence-corrected chi connectivity index (χ3v) is 4.18. The van der Waals surface area contributed by atoms with Crippen LogP contribution in [0.2, 0.25) is 5.02 Å². The van der Waals surface area contributed by atoms with E-state index in [1.54, 1.807) is 6.07 Å². The Morgan fingerprint density at radius 3 is 2.50 bits per heavy atom. The lowest BCUT2D eigenvalue weighted by Gasteiger charge is -2.17. The summed E-state index contributed by atoms with van der Waals surface area (Å²) < 4.78 is 14.4. The van der Waals surface area contributed by atoms with Gasteiger partial charge in [-0.3, -0.25) is 0 Å². The molecule has 0 aliphatic carbocycles. The fourth-order valence-electron chi connectivity index (χ4n) is 2.15. The third-order valence-electron chi connectivity index (χ3n) is 3.28. The lowest BCUT2D eigenvalue weighted by atomic mass is 9.99. The highest BCUT2D eigenvalue weighted by Crippen LogP contribution is 2.20. The Hall–Kier alpha value is -0.900. The van der Waals surface area contributed by atoms with Gasteiger partial charge in [0.15, 0.2) is 0 Å². The maximum Gasteiger partial charge on any atom is 0.123 e. The summed E-state index contributed by atoms with van der Waals surface area (Å²) in [5.41, 5.74) is 2.07. The van der Waals surface area contributed by atoms with Crippen LogP contribution in [0.4, 0.5) is 4.39 Å². The Labute approximate surface area is 132 Å². The lowest BCUT2D eigenvalue weighted by molar-refractivity contribution is 0.553. The second kappa shape index (κ2) is 7.21. The second-order valence-electron chi connectivity index (χ2n) is 4.76. The van der Waals surface area contributed by atoms with Crippen LogP contribution in [0.5, 0.6) is 0 Å². The van der Waals surface area contributed by atoms with Gasteiger partial charge in [0.2, 0.25) is 0 Å². The predicted molar refractivity (Wildman–Crippen MR) is 85.8 cm³/mol. The lowest BCUT2D eigenvalue weighted by Crippen LogP contribution is -2.30. The fourth-order valence-corrected chi connectivity index (χ4v) is 2.61. The molecule has 0 heterocycles. The molecule has 0 aliphatic heterocycles. The summed E-state index contributed by atoms with van der Waals surface area (Å²) in [5.74, 6) is -0.247. The van der Waals surface area contributed by atoms with Gasteiger partial charge in [-0.05, 0) is 61.3 Å². The molecule has 1 atom stereocenters. The van der Waals surface area contributed by atoms with Gasteiger partial charge >= 0.3 is 0 Å². The quantitative estimate of drug-likeness (QED) is 0.824. The van der Waals surface area contributed by atoms with Crippen LogP contribution >= 0.6 is 27.5 Å². The van der Waals surface area contributed by atoms with Crippen molar-refractivity contribution >= 4 is 27.5 Å². The summed E-state index contributed by atoms with van der Waals surface area (Å²) in [6.07, 6.45) is 1.57. The van der Waals surface area contributed by atoms with Crippen LogP contribution < -0.4 is 5.32 Å². The van der Waals surface area contributed by atoms with E-state index in [0.29, 0.717) is 11.4 Å². The van der Waals surface area contributed by atoms with E-state index in [-0.39, 0.29) is 11.9 Å². The molecule has 0 amide bonds. The monoisotopic (exact) mass is 355 g/mol. The van der Waals surface area contributed by atoms with E-state index in [9.17, 15) is 4.39 Å². The van der Waals surface area contributed by atoms with E-state index < -0.39 is 0 Å². The zero-order chi connectivity index (χ0) is 14.5. The first-order chi connectivity index (χ1) is 9.58. The molecular weight excluding hydrogens is 341 g/mol. The van der Waals surface area contributed by atoms with E-state index in [4.69, 9.17) is 11.6 Å². The first-order valence-corrected chi connectivity index (χ1v) is 7.61. The molecule has 1 nitrogen and oxygen atoms in total. The fraction of sp³-hybridized carbons (Fsp3) is 0.250. The van der Waals surface area contributed by atoms with Gasteiger partial charge in [0, 0.05) is 15.5 Å². The van der Waals surface area contributed by atoms with Crippen molar-refractivity contribution in [1.82, 2.24) is 5.32 Å².